The maximum atomic E-state index is 11.8. The van der Waals surface area contributed by atoms with Gasteiger partial charge in [-0.05, 0) is 30.9 Å². The summed E-state index contributed by atoms with van der Waals surface area (Å²) in [6, 6.07) is 10.5. The van der Waals surface area contributed by atoms with Gasteiger partial charge in [0.05, 0.1) is 6.54 Å². The molecule has 16 heavy (non-hydrogen) atoms. The smallest absolute Gasteiger partial charge is 0.150 e. The number of Topliss-reactive ketones (excluding diaryl/α,β-unsaturated/α-hetero) is 1. The van der Waals surface area contributed by atoms with E-state index in [0.717, 1.165) is 25.9 Å². The number of ketones is 1. The van der Waals surface area contributed by atoms with Gasteiger partial charge < -0.3 is 0 Å². The van der Waals surface area contributed by atoms with Gasteiger partial charge in [0.25, 0.3) is 0 Å². The minimum absolute atomic E-state index is 0.338. The molecule has 3 atom stereocenters. The van der Waals surface area contributed by atoms with Crippen LogP contribution in [0.1, 0.15) is 12.0 Å². The summed E-state index contributed by atoms with van der Waals surface area (Å²) in [6.45, 7) is 2.95. The van der Waals surface area contributed by atoms with Gasteiger partial charge in [-0.15, -0.1) is 0 Å². The van der Waals surface area contributed by atoms with E-state index in [1.807, 2.05) is 6.07 Å². The van der Waals surface area contributed by atoms with Crippen LogP contribution in [-0.4, -0.2) is 30.3 Å². The molecule has 0 aromatic heterocycles. The number of nitrogens with zero attached hydrogens (tertiary/aromatic N) is 1. The van der Waals surface area contributed by atoms with Gasteiger partial charge in [0.1, 0.15) is 5.78 Å². The number of hydrogen-bond donors (Lipinski definition) is 0. The van der Waals surface area contributed by atoms with Gasteiger partial charge in [0.15, 0.2) is 0 Å². The predicted octanol–water partition coefficient (Wildman–Crippen LogP) is 1.75. The summed E-state index contributed by atoms with van der Waals surface area (Å²) in [5, 5.41) is 0. The van der Waals surface area contributed by atoms with Gasteiger partial charge in [-0.3, -0.25) is 9.69 Å². The molecule has 0 amide bonds. The molecule has 2 heteroatoms. The van der Waals surface area contributed by atoms with Crippen LogP contribution in [0.25, 0.3) is 0 Å². The van der Waals surface area contributed by atoms with Crippen molar-refractivity contribution in [2.75, 3.05) is 19.6 Å². The molecule has 0 saturated carbocycles. The Hall–Kier alpha value is -1.15. The van der Waals surface area contributed by atoms with E-state index < -0.39 is 0 Å². The molecular weight excluding hydrogens is 198 g/mol. The second kappa shape index (κ2) is 4.02. The number of fused-ring (bicyclic) bond motifs is 3. The predicted molar refractivity (Wildman–Crippen MR) is 63.2 cm³/mol. The first-order chi connectivity index (χ1) is 7.83. The van der Waals surface area contributed by atoms with Crippen LogP contribution in [0.2, 0.25) is 0 Å². The van der Waals surface area contributed by atoms with Gasteiger partial charge in [0, 0.05) is 12.5 Å². The fraction of sp³-hybridized carbons (Fsp3) is 0.500. The highest BCUT2D eigenvalue weighted by Gasteiger charge is 2.39. The minimum atomic E-state index is 0.338. The van der Waals surface area contributed by atoms with E-state index in [2.05, 4.69) is 29.2 Å². The van der Waals surface area contributed by atoms with Crippen molar-refractivity contribution in [3.8, 4) is 0 Å². The molecule has 0 aliphatic carbocycles. The van der Waals surface area contributed by atoms with Crippen LogP contribution >= 0.6 is 0 Å². The van der Waals surface area contributed by atoms with Crippen molar-refractivity contribution in [3.63, 3.8) is 0 Å². The maximum absolute atomic E-state index is 11.8. The van der Waals surface area contributed by atoms with Crippen molar-refractivity contribution in [1.29, 1.82) is 0 Å². The van der Waals surface area contributed by atoms with Crippen LogP contribution in [0.5, 0.6) is 0 Å². The highest BCUT2D eigenvalue weighted by molar-refractivity contribution is 5.84. The first-order valence-corrected chi connectivity index (χ1v) is 6.12. The third kappa shape index (κ3) is 1.78. The minimum Gasteiger partial charge on any atom is -0.298 e. The molecule has 0 radical (unpaired) electrons. The Balaban J connectivity index is 1.74. The van der Waals surface area contributed by atoms with Gasteiger partial charge >= 0.3 is 0 Å². The van der Waals surface area contributed by atoms with Gasteiger partial charge in [0.2, 0.25) is 0 Å². The summed E-state index contributed by atoms with van der Waals surface area (Å²) in [4.78, 5) is 14.1. The Bertz CT molecular complexity index is 387. The van der Waals surface area contributed by atoms with Crippen molar-refractivity contribution in [1.82, 2.24) is 4.90 Å². The van der Waals surface area contributed by atoms with Crippen LogP contribution in [0, 0.1) is 11.8 Å². The van der Waals surface area contributed by atoms with Crippen molar-refractivity contribution in [2.24, 2.45) is 11.8 Å². The zero-order valence-electron chi connectivity index (χ0n) is 9.43. The maximum Gasteiger partial charge on any atom is 0.150 e. The van der Waals surface area contributed by atoms with E-state index >= 15 is 0 Å². The Morgan fingerprint density at radius 3 is 2.75 bits per heavy atom. The molecule has 84 valence electrons. The molecule has 0 spiro atoms. The van der Waals surface area contributed by atoms with Crippen LogP contribution < -0.4 is 0 Å². The Kier molecular flexibility index (Phi) is 2.52. The van der Waals surface area contributed by atoms with E-state index in [1.165, 1.54) is 5.56 Å². The van der Waals surface area contributed by atoms with Crippen molar-refractivity contribution >= 4 is 5.78 Å². The Labute approximate surface area is 96.3 Å². The second-order valence-electron chi connectivity index (χ2n) is 5.05. The summed E-state index contributed by atoms with van der Waals surface area (Å²) >= 11 is 0. The van der Waals surface area contributed by atoms with Gasteiger partial charge in [-0.1, -0.05) is 30.3 Å². The summed E-state index contributed by atoms with van der Waals surface area (Å²) in [5.74, 6) is 1.36. The quantitative estimate of drug-likeness (QED) is 0.749. The lowest BCUT2D eigenvalue weighted by molar-refractivity contribution is -0.134. The van der Waals surface area contributed by atoms with Crippen LogP contribution in [-0.2, 0) is 11.2 Å². The van der Waals surface area contributed by atoms with E-state index in [4.69, 9.17) is 0 Å². The summed E-state index contributed by atoms with van der Waals surface area (Å²) in [5.41, 5.74) is 1.37. The van der Waals surface area contributed by atoms with Crippen molar-refractivity contribution in [2.45, 2.75) is 12.8 Å². The lowest BCUT2D eigenvalue weighted by Gasteiger charge is -2.43. The SMILES string of the molecule is O=C1CN2CCC1C(Cc1ccccc1)C2. The average Bonchev–Trinajstić information content (AvgIpc) is 2.30. The summed E-state index contributed by atoms with van der Waals surface area (Å²) in [6.07, 6.45) is 2.14. The average molecular weight is 215 g/mol. The molecule has 3 aliphatic rings. The molecule has 3 aliphatic heterocycles. The van der Waals surface area contributed by atoms with Crippen LogP contribution in [0.3, 0.4) is 0 Å². The molecule has 1 aromatic carbocycles. The van der Waals surface area contributed by atoms with Crippen molar-refractivity contribution in [3.05, 3.63) is 35.9 Å². The Morgan fingerprint density at radius 1 is 1.25 bits per heavy atom. The van der Waals surface area contributed by atoms with Gasteiger partial charge in [-0.25, -0.2) is 0 Å². The largest absolute Gasteiger partial charge is 0.298 e. The summed E-state index contributed by atoms with van der Waals surface area (Å²) in [7, 11) is 0. The third-order valence-electron chi connectivity index (χ3n) is 3.95. The first kappa shape index (κ1) is 10.0. The summed E-state index contributed by atoms with van der Waals surface area (Å²) < 4.78 is 0. The Morgan fingerprint density at radius 2 is 2.06 bits per heavy atom. The van der Waals surface area contributed by atoms with Crippen LogP contribution in [0.15, 0.2) is 30.3 Å². The highest BCUT2D eigenvalue weighted by Crippen LogP contribution is 2.32. The molecule has 3 saturated heterocycles. The molecule has 2 nitrogen and oxygen atoms in total. The molecule has 3 fully saturated rings. The molecule has 0 N–H and O–H groups in total. The topological polar surface area (TPSA) is 20.3 Å². The monoisotopic (exact) mass is 215 g/mol. The molecule has 3 heterocycles. The van der Waals surface area contributed by atoms with E-state index in [-0.39, 0.29) is 0 Å². The number of carbonyl (C=O) groups excluding carboxylic acids is 1. The van der Waals surface area contributed by atoms with E-state index in [9.17, 15) is 4.79 Å². The number of benzene rings is 1. The van der Waals surface area contributed by atoms with Crippen molar-refractivity contribution < 1.29 is 4.79 Å². The van der Waals surface area contributed by atoms with E-state index in [1.54, 1.807) is 0 Å². The molecule has 2 bridgehead atoms. The lowest BCUT2D eigenvalue weighted by atomic mass is 9.75. The highest BCUT2D eigenvalue weighted by atomic mass is 16.1. The third-order valence-corrected chi connectivity index (χ3v) is 3.95. The zero-order chi connectivity index (χ0) is 11.0. The second-order valence-corrected chi connectivity index (χ2v) is 5.05. The fourth-order valence-corrected chi connectivity index (χ4v) is 3.14. The number of hydrogen-bond acceptors (Lipinski definition) is 2. The normalized spacial score (nSPS) is 33.0. The van der Waals surface area contributed by atoms with E-state index in [0.29, 0.717) is 24.2 Å². The fourth-order valence-electron chi connectivity index (χ4n) is 3.14. The number of carbonyl (C=O) groups is 1. The standard InChI is InChI=1S/C14H17NO/c16-14-10-15-7-6-13(14)12(9-15)8-11-4-2-1-3-5-11/h1-5,12-13H,6-10H2. The molecule has 1 aromatic rings. The zero-order valence-corrected chi connectivity index (χ0v) is 9.43. The molecule has 4 rings (SSSR count). The number of rotatable bonds is 2. The van der Waals surface area contributed by atoms with Crippen LogP contribution in [0.4, 0.5) is 0 Å². The number of piperidine rings is 3. The molecular formula is C14H17NO. The molecule has 3 unspecified atom stereocenters. The lowest BCUT2D eigenvalue weighted by Crippen LogP contribution is -2.53. The first-order valence-electron chi connectivity index (χ1n) is 6.12. The van der Waals surface area contributed by atoms with Gasteiger partial charge in [-0.2, -0.15) is 0 Å².